The van der Waals surface area contributed by atoms with Crippen LogP contribution in [0.5, 0.6) is 0 Å². The number of aliphatic imine (C=N–C) groups is 2. The Hall–Kier alpha value is -4.88. The van der Waals surface area contributed by atoms with Crippen molar-refractivity contribution in [3.05, 3.63) is 72.1 Å². The summed E-state index contributed by atoms with van der Waals surface area (Å²) in [6.45, 7) is 19.9. The van der Waals surface area contributed by atoms with Crippen LogP contribution >= 0.6 is 0 Å². The first-order valence-electron chi connectivity index (χ1n) is 20.2. The summed E-state index contributed by atoms with van der Waals surface area (Å²) in [6, 6.07) is 12.3. The summed E-state index contributed by atoms with van der Waals surface area (Å²) < 4.78 is 0. The third-order valence-corrected chi connectivity index (χ3v) is 9.98. The number of carbonyl (C=O) groups is 3. The number of aldehydes is 1. The third kappa shape index (κ3) is 15.3. The Morgan fingerprint density at radius 3 is 2.50 bits per heavy atom. The van der Waals surface area contributed by atoms with Crippen LogP contribution in [0, 0.1) is 11.3 Å². The van der Waals surface area contributed by atoms with Gasteiger partial charge < -0.3 is 25.6 Å². The number of carbonyl (C=O) groups excluding carboxylic acids is 3. The van der Waals surface area contributed by atoms with Gasteiger partial charge in [0.1, 0.15) is 24.6 Å². The number of benzene rings is 1. The van der Waals surface area contributed by atoms with Gasteiger partial charge in [-0.15, -0.1) is 6.58 Å². The second kappa shape index (κ2) is 23.2. The molecule has 1 unspecified atom stereocenters. The lowest BCUT2D eigenvalue weighted by atomic mass is 9.83. The molecule has 13 heteroatoms. The van der Waals surface area contributed by atoms with E-state index in [2.05, 4.69) is 93.9 Å². The summed E-state index contributed by atoms with van der Waals surface area (Å²) in [6.07, 6.45) is 13.2. The van der Waals surface area contributed by atoms with Crippen LogP contribution in [-0.2, 0) is 27.2 Å². The first-order valence-corrected chi connectivity index (χ1v) is 20.2. The zero-order valence-electron chi connectivity index (χ0n) is 33.9. The van der Waals surface area contributed by atoms with Crippen molar-refractivity contribution in [2.24, 2.45) is 21.3 Å². The number of hydrogen-bond acceptors (Lipinski definition) is 10. The fourth-order valence-electron chi connectivity index (χ4n) is 7.09. The van der Waals surface area contributed by atoms with Crippen LogP contribution in [0.2, 0.25) is 0 Å². The summed E-state index contributed by atoms with van der Waals surface area (Å²) in [5.74, 6) is 0.721. The van der Waals surface area contributed by atoms with Crippen molar-refractivity contribution in [1.29, 1.82) is 0 Å². The average molecular weight is 769 g/mol. The molecule has 2 aromatic rings. The molecule has 0 radical (unpaired) electrons. The van der Waals surface area contributed by atoms with Gasteiger partial charge in [-0.25, -0.2) is 15.4 Å². The predicted molar refractivity (Wildman–Crippen MR) is 229 cm³/mol. The van der Waals surface area contributed by atoms with Gasteiger partial charge >= 0.3 is 0 Å². The normalized spacial score (nSPS) is 15.4. The van der Waals surface area contributed by atoms with E-state index in [1.165, 1.54) is 17.5 Å². The highest BCUT2D eigenvalue weighted by atomic mass is 16.2. The topological polar surface area (TPSA) is 155 Å². The number of nitrogens with zero attached hydrogens (tertiary/aromatic N) is 5. The molecular formula is C43H64N10O3. The van der Waals surface area contributed by atoms with Crippen LogP contribution in [0.15, 0.2) is 70.8 Å². The molecular weight excluding hydrogens is 705 g/mol. The lowest BCUT2D eigenvalue weighted by Crippen LogP contribution is -2.46. The van der Waals surface area contributed by atoms with Crippen LogP contribution in [0.1, 0.15) is 83.4 Å². The number of aryl methyl sites for hydroxylation is 2. The number of pyridine rings is 1. The number of hydrogen-bond donors (Lipinski definition) is 5. The number of anilines is 3. The van der Waals surface area contributed by atoms with E-state index >= 15 is 0 Å². The van der Waals surface area contributed by atoms with Gasteiger partial charge in [0, 0.05) is 74.9 Å². The second-order valence-electron chi connectivity index (χ2n) is 15.8. The Morgan fingerprint density at radius 2 is 1.79 bits per heavy atom. The van der Waals surface area contributed by atoms with Gasteiger partial charge in [0.15, 0.2) is 0 Å². The van der Waals surface area contributed by atoms with Crippen LogP contribution < -0.4 is 31.7 Å². The van der Waals surface area contributed by atoms with Gasteiger partial charge in [-0.3, -0.25) is 24.9 Å². The molecule has 4 rings (SSSR count). The third-order valence-electron chi connectivity index (χ3n) is 9.98. The highest BCUT2D eigenvalue weighted by molar-refractivity contribution is 6.25. The molecule has 0 saturated carbocycles. The van der Waals surface area contributed by atoms with Crippen LogP contribution in [-0.4, -0.2) is 93.0 Å². The fourth-order valence-corrected chi connectivity index (χ4v) is 7.09. The summed E-state index contributed by atoms with van der Waals surface area (Å²) in [5.41, 5.74) is 10.6. The molecule has 0 spiro atoms. The molecule has 5 N–H and O–H groups in total. The molecule has 1 atom stereocenters. The van der Waals surface area contributed by atoms with Crippen LogP contribution in [0.3, 0.4) is 0 Å². The molecule has 13 nitrogen and oxygen atoms in total. The quantitative estimate of drug-likeness (QED) is 0.0183. The van der Waals surface area contributed by atoms with Gasteiger partial charge in [0.05, 0.1) is 5.57 Å². The highest BCUT2D eigenvalue weighted by Gasteiger charge is 2.20. The SMILES string of the molecule is C=CCNC(=O)C(=C/N=C)/C(=N\CNc1ccc(N2CCN(CCCCCC(=O)NNCCCC(C=O)CC(C)(C)C)CC2)cc1)Nc1ccc2c(n1)CCC2. The zero-order chi connectivity index (χ0) is 40.2. The van der Waals surface area contributed by atoms with Gasteiger partial charge in [-0.1, -0.05) is 39.3 Å². The second-order valence-corrected chi connectivity index (χ2v) is 15.8. The minimum absolute atomic E-state index is 0.0234. The number of unbranched alkanes of at least 4 members (excludes halogenated alkanes) is 2. The Morgan fingerprint density at radius 1 is 1.00 bits per heavy atom. The molecule has 1 saturated heterocycles. The Bertz CT molecular complexity index is 1640. The lowest BCUT2D eigenvalue weighted by molar-refractivity contribution is -0.122. The molecule has 1 aromatic carbocycles. The Kier molecular flexibility index (Phi) is 18.2. The molecule has 2 aliphatic rings. The van der Waals surface area contributed by atoms with E-state index in [0.717, 1.165) is 108 Å². The Labute approximate surface area is 334 Å². The summed E-state index contributed by atoms with van der Waals surface area (Å²) in [5, 5.41) is 9.41. The number of nitrogens with one attached hydrogen (secondary N) is 5. The number of rotatable bonds is 23. The van der Waals surface area contributed by atoms with Crippen molar-refractivity contribution in [2.45, 2.75) is 85.0 Å². The molecule has 1 aliphatic carbocycles. The van der Waals surface area contributed by atoms with E-state index in [9.17, 15) is 14.4 Å². The molecule has 304 valence electrons. The van der Waals surface area contributed by atoms with Gasteiger partial charge in [0.2, 0.25) is 5.91 Å². The zero-order valence-corrected chi connectivity index (χ0v) is 33.9. The molecule has 0 bridgehead atoms. The van der Waals surface area contributed by atoms with Crippen molar-refractivity contribution in [2.75, 3.05) is 68.0 Å². The van der Waals surface area contributed by atoms with Crippen molar-refractivity contribution in [1.82, 2.24) is 26.1 Å². The monoisotopic (exact) mass is 769 g/mol. The maximum atomic E-state index is 13.0. The van der Waals surface area contributed by atoms with Gasteiger partial charge in [-0.2, -0.15) is 0 Å². The number of fused-ring (bicyclic) bond motifs is 1. The van der Waals surface area contributed by atoms with Crippen molar-refractivity contribution in [3.63, 3.8) is 0 Å². The van der Waals surface area contributed by atoms with Gasteiger partial charge in [-0.05, 0) is 106 Å². The molecule has 1 fully saturated rings. The molecule has 2 heterocycles. The first-order chi connectivity index (χ1) is 27.1. The van der Waals surface area contributed by atoms with Crippen molar-refractivity contribution in [3.8, 4) is 0 Å². The molecule has 56 heavy (non-hydrogen) atoms. The fraction of sp³-hybridized carbons (Fsp3) is 0.535. The predicted octanol–water partition coefficient (Wildman–Crippen LogP) is 5.67. The summed E-state index contributed by atoms with van der Waals surface area (Å²) in [4.78, 5) is 54.9. The smallest absolute Gasteiger partial charge is 0.256 e. The summed E-state index contributed by atoms with van der Waals surface area (Å²) >= 11 is 0. The van der Waals surface area contributed by atoms with E-state index in [1.807, 2.05) is 18.2 Å². The minimum atomic E-state index is -0.341. The van der Waals surface area contributed by atoms with Crippen LogP contribution in [0.25, 0.3) is 0 Å². The van der Waals surface area contributed by atoms with E-state index in [4.69, 9.17) is 9.98 Å². The standard InChI is InChI=1S/C43H64N10O3/c1-6-22-45-42(56)37(30-44-5)41(50-39-21-16-34-13-10-14-38(34)49-39)47-32-46-35-17-19-36(20-18-35)53-27-25-52(26-28-53)24-9-7-8-15-40(55)51-48-23-11-12-33(31-54)29-43(2,3)4/h6,16-21,30-31,33,46,48H,1,5,7-15,22-29,32H2,2-4H3,(H,45,56)(H,51,55)(H,47,49,50)/b37-30+. The Balaban J connectivity index is 1.15. The minimum Gasteiger partial charge on any atom is -0.369 e. The van der Waals surface area contributed by atoms with E-state index in [-0.39, 0.29) is 35.4 Å². The number of hydrazine groups is 1. The highest BCUT2D eigenvalue weighted by Crippen LogP contribution is 2.26. The van der Waals surface area contributed by atoms with Crippen molar-refractivity contribution < 1.29 is 14.4 Å². The van der Waals surface area contributed by atoms with Gasteiger partial charge in [0.25, 0.3) is 5.91 Å². The number of aromatic nitrogens is 1. The van der Waals surface area contributed by atoms with Crippen molar-refractivity contribution >= 4 is 47.8 Å². The molecule has 1 aliphatic heterocycles. The molecule has 2 amide bonds. The number of piperazine rings is 1. The van der Waals surface area contributed by atoms with E-state index in [1.54, 1.807) is 6.08 Å². The maximum absolute atomic E-state index is 13.0. The number of amidine groups is 1. The molecule has 1 aromatic heterocycles. The van der Waals surface area contributed by atoms with Crippen LogP contribution in [0.4, 0.5) is 17.2 Å². The van der Waals surface area contributed by atoms with E-state index in [0.29, 0.717) is 31.2 Å². The van der Waals surface area contributed by atoms with E-state index < -0.39 is 0 Å². The number of amides is 2. The maximum Gasteiger partial charge on any atom is 0.256 e. The largest absolute Gasteiger partial charge is 0.369 e. The first kappa shape index (κ1) is 43.8. The summed E-state index contributed by atoms with van der Waals surface area (Å²) in [7, 11) is 0. The average Bonchev–Trinajstić information content (AvgIpc) is 3.66. The lowest BCUT2D eigenvalue weighted by Gasteiger charge is -2.36.